The first-order valence-corrected chi connectivity index (χ1v) is 6.44. The van der Waals surface area contributed by atoms with Crippen LogP contribution < -0.4 is 11.2 Å². The maximum atomic E-state index is 11.4. The molecule has 0 aliphatic carbocycles. The average molecular weight is 273 g/mol. The van der Waals surface area contributed by atoms with E-state index in [1.165, 1.54) is 16.8 Å². The van der Waals surface area contributed by atoms with Crippen LogP contribution in [-0.2, 0) is 0 Å². The number of aromatic amines is 1. The van der Waals surface area contributed by atoms with Gasteiger partial charge in [0.1, 0.15) is 0 Å². The van der Waals surface area contributed by atoms with E-state index in [4.69, 9.17) is 5.11 Å². The zero-order valence-corrected chi connectivity index (χ0v) is 9.50. The molecule has 6 heteroatoms. The Kier molecular flexibility index (Phi) is 2.90. The van der Waals surface area contributed by atoms with Gasteiger partial charge in [0.05, 0.1) is 0 Å². The molecule has 2 rings (SSSR count). The minimum atomic E-state index is -0.391. The Morgan fingerprint density at radius 2 is 2.27 bits per heavy atom. The van der Waals surface area contributed by atoms with E-state index in [9.17, 15) is 9.59 Å². The van der Waals surface area contributed by atoms with E-state index in [2.05, 4.69) is 4.98 Å². The summed E-state index contributed by atoms with van der Waals surface area (Å²) in [5, 5.41) is 8.96. The Balaban J connectivity index is 2.29. The Morgan fingerprint density at radius 3 is 2.87 bits per heavy atom. The number of nitrogens with one attached hydrogen (secondary N) is 1. The number of H-pyrrole nitrogens is 1. The van der Waals surface area contributed by atoms with Crippen LogP contribution in [0.2, 0.25) is 4.82 Å². The van der Waals surface area contributed by atoms with E-state index < -0.39 is 5.69 Å². The molecule has 0 unspecified atom stereocenters. The fourth-order valence-corrected chi connectivity index (χ4v) is 3.70. The number of aromatic nitrogens is 2. The van der Waals surface area contributed by atoms with Gasteiger partial charge in [0.15, 0.2) is 0 Å². The Morgan fingerprint density at radius 1 is 1.47 bits per heavy atom. The molecular weight excluding hydrogens is 263 g/mol. The molecule has 2 heterocycles. The molecule has 2 atom stereocenters. The van der Waals surface area contributed by atoms with Crippen LogP contribution in [0.25, 0.3) is 0 Å². The number of hydrogen-bond acceptors (Lipinski definition) is 3. The Bertz CT molecular complexity index is 491. The van der Waals surface area contributed by atoms with Crippen molar-refractivity contribution in [2.24, 2.45) is 0 Å². The molecule has 2 N–H and O–H groups in total. The van der Waals surface area contributed by atoms with Crippen molar-refractivity contribution in [2.75, 3.05) is 6.61 Å². The first-order chi connectivity index (χ1) is 7.20. The van der Waals surface area contributed by atoms with Crippen LogP contribution in [0, 0.1) is 0 Å². The first-order valence-electron chi connectivity index (χ1n) is 4.47. The van der Waals surface area contributed by atoms with Gasteiger partial charge >= 0.3 is 91.2 Å². The summed E-state index contributed by atoms with van der Waals surface area (Å²) < 4.78 is 1.49. The molecule has 1 aliphatic heterocycles. The second-order valence-electron chi connectivity index (χ2n) is 3.15. The monoisotopic (exact) mass is 274 g/mol. The zero-order chi connectivity index (χ0) is 10.8. The molecule has 0 fully saturated rings. The molecule has 1 aliphatic rings. The average Bonchev–Trinajstić information content (AvgIpc) is 2.66. The molecule has 1 aromatic heterocycles. The quantitative estimate of drug-likeness (QED) is 0.541. The van der Waals surface area contributed by atoms with Gasteiger partial charge in [-0.05, 0) is 0 Å². The molecule has 0 amide bonds. The van der Waals surface area contributed by atoms with Crippen molar-refractivity contribution < 1.29 is 5.11 Å². The summed E-state index contributed by atoms with van der Waals surface area (Å²) in [7, 11) is 0. The second-order valence-corrected chi connectivity index (χ2v) is 6.00. The van der Waals surface area contributed by atoms with E-state index in [0.29, 0.717) is 0 Å². The maximum absolute atomic E-state index is 11.4. The van der Waals surface area contributed by atoms with Crippen LogP contribution in [0.15, 0.2) is 34.0 Å². The minimum absolute atomic E-state index is 0.000926. The van der Waals surface area contributed by atoms with Gasteiger partial charge in [-0.1, -0.05) is 0 Å². The van der Waals surface area contributed by atoms with Crippen molar-refractivity contribution in [2.45, 2.75) is 9.76 Å². The molecule has 0 bridgehead atoms. The van der Waals surface area contributed by atoms with Crippen LogP contribution in [0.1, 0.15) is 4.94 Å². The van der Waals surface area contributed by atoms with Gasteiger partial charge in [0.2, 0.25) is 0 Å². The van der Waals surface area contributed by atoms with E-state index >= 15 is 0 Å². The molecular formula is C9H10N2O3Se. The van der Waals surface area contributed by atoms with Gasteiger partial charge in [-0.3, -0.25) is 0 Å². The fourth-order valence-electron chi connectivity index (χ4n) is 1.38. The number of nitrogens with zero attached hydrogens (tertiary/aromatic N) is 1. The first kappa shape index (κ1) is 10.4. The molecule has 0 spiro atoms. The number of rotatable bonds is 2. The van der Waals surface area contributed by atoms with Crippen LogP contribution >= 0.6 is 0 Å². The van der Waals surface area contributed by atoms with Crippen molar-refractivity contribution >= 4 is 15.0 Å². The van der Waals surface area contributed by atoms with Gasteiger partial charge in [0, 0.05) is 0 Å². The summed E-state index contributed by atoms with van der Waals surface area (Å²) in [5.74, 6) is 0. The van der Waals surface area contributed by atoms with Crippen molar-refractivity contribution in [3.8, 4) is 0 Å². The Labute approximate surface area is 91.6 Å². The van der Waals surface area contributed by atoms with Crippen molar-refractivity contribution in [1.29, 1.82) is 0 Å². The standard InChI is InChI=1S/C9H10N2O3Se/c12-5-6-1-2-8(15-6)11-4-3-7(13)10-9(11)14/h1-4,6,8,12H,5H2,(H,10,13,14)/t6-,8+/m0/s1. The normalized spacial score (nSPS) is 24.6. The summed E-state index contributed by atoms with van der Waals surface area (Å²) >= 11 is 0.122. The fraction of sp³-hybridized carbons (Fsp3) is 0.333. The van der Waals surface area contributed by atoms with Crippen molar-refractivity contribution in [1.82, 2.24) is 9.55 Å². The summed E-state index contributed by atoms with van der Waals surface area (Å²) in [6.07, 6.45) is 5.32. The molecule has 80 valence electrons. The van der Waals surface area contributed by atoms with E-state index in [-0.39, 0.29) is 36.9 Å². The van der Waals surface area contributed by atoms with E-state index in [1.807, 2.05) is 12.2 Å². The van der Waals surface area contributed by atoms with Crippen molar-refractivity contribution in [3.05, 3.63) is 45.3 Å². The van der Waals surface area contributed by atoms with Crippen LogP contribution in [-0.4, -0.2) is 36.2 Å². The second kappa shape index (κ2) is 4.18. The van der Waals surface area contributed by atoms with Crippen LogP contribution in [0.3, 0.4) is 0 Å². The van der Waals surface area contributed by atoms with Gasteiger partial charge in [-0.25, -0.2) is 0 Å². The van der Waals surface area contributed by atoms with Gasteiger partial charge in [-0.2, -0.15) is 0 Å². The third-order valence-electron chi connectivity index (χ3n) is 2.11. The van der Waals surface area contributed by atoms with Crippen molar-refractivity contribution in [3.63, 3.8) is 0 Å². The predicted molar refractivity (Wildman–Crippen MR) is 56.1 cm³/mol. The van der Waals surface area contributed by atoms with Crippen LogP contribution in [0.5, 0.6) is 0 Å². The summed E-state index contributed by atoms with van der Waals surface area (Å²) in [6, 6.07) is 1.33. The summed E-state index contributed by atoms with van der Waals surface area (Å²) in [6.45, 7) is 0.116. The SMILES string of the molecule is O=c1ccn([C@H]2C=C[C@@H](CO)[Se]2)c(=O)[nH]1. The van der Waals surface area contributed by atoms with E-state index in [1.54, 1.807) is 0 Å². The molecule has 0 radical (unpaired) electrons. The number of allylic oxidation sites excluding steroid dienone is 1. The number of hydrogen-bond donors (Lipinski definition) is 2. The third kappa shape index (κ3) is 2.12. The third-order valence-corrected chi connectivity index (χ3v) is 4.88. The summed E-state index contributed by atoms with van der Waals surface area (Å²) in [5.41, 5.74) is -0.776. The zero-order valence-electron chi connectivity index (χ0n) is 7.79. The summed E-state index contributed by atoms with van der Waals surface area (Å²) in [4.78, 5) is 24.7. The number of aliphatic hydroxyl groups is 1. The van der Waals surface area contributed by atoms with Gasteiger partial charge < -0.3 is 0 Å². The number of aliphatic hydroxyl groups excluding tert-OH is 1. The topological polar surface area (TPSA) is 75.1 Å². The van der Waals surface area contributed by atoms with Gasteiger partial charge in [0.25, 0.3) is 0 Å². The predicted octanol–water partition coefficient (Wildman–Crippen LogP) is -0.910. The molecule has 0 aromatic carbocycles. The van der Waals surface area contributed by atoms with Crippen LogP contribution in [0.4, 0.5) is 0 Å². The molecule has 1 aromatic rings. The Hall–Kier alpha value is -1.10. The molecule has 15 heavy (non-hydrogen) atoms. The van der Waals surface area contributed by atoms with E-state index in [0.717, 1.165) is 0 Å². The van der Waals surface area contributed by atoms with Gasteiger partial charge in [-0.15, -0.1) is 0 Å². The molecule has 0 saturated heterocycles. The molecule has 5 nitrogen and oxygen atoms in total. The molecule has 0 saturated carbocycles.